The van der Waals surface area contributed by atoms with Gasteiger partial charge in [-0.05, 0) is 44.4 Å². The number of carbonyl (C=O) groups is 2. The van der Waals surface area contributed by atoms with Gasteiger partial charge in [0.25, 0.3) is 0 Å². The van der Waals surface area contributed by atoms with Crippen molar-refractivity contribution >= 4 is 11.9 Å². The monoisotopic (exact) mass is 296 g/mol. The highest BCUT2D eigenvalue weighted by atomic mass is 16.6. The summed E-state index contributed by atoms with van der Waals surface area (Å²) in [6, 6.07) is 0. The molecule has 0 aromatic heterocycles. The van der Waals surface area contributed by atoms with Crippen LogP contribution in [-0.2, 0) is 19.1 Å². The van der Waals surface area contributed by atoms with Gasteiger partial charge >= 0.3 is 11.9 Å². The third-order valence-electron chi connectivity index (χ3n) is 3.98. The molecule has 1 aliphatic carbocycles. The van der Waals surface area contributed by atoms with E-state index in [1.165, 1.54) is 12.5 Å². The number of carbonyl (C=O) groups excluding carboxylic acids is 2. The molecule has 21 heavy (non-hydrogen) atoms. The lowest BCUT2D eigenvalue weighted by Crippen LogP contribution is -2.36. The molecule has 0 unspecified atom stereocenters. The van der Waals surface area contributed by atoms with Crippen molar-refractivity contribution in [3.63, 3.8) is 0 Å². The van der Waals surface area contributed by atoms with Gasteiger partial charge in [0.2, 0.25) is 0 Å². The summed E-state index contributed by atoms with van der Waals surface area (Å²) in [5.41, 5.74) is 0.842. The molecule has 1 aliphatic rings. The van der Waals surface area contributed by atoms with Crippen LogP contribution >= 0.6 is 0 Å². The third-order valence-corrected chi connectivity index (χ3v) is 3.98. The highest BCUT2D eigenvalue weighted by Crippen LogP contribution is 2.35. The fraction of sp³-hybridized carbons (Fsp3) is 0.765. The Morgan fingerprint density at radius 1 is 1.24 bits per heavy atom. The maximum atomic E-state index is 11.9. The predicted molar refractivity (Wildman–Crippen MR) is 81.6 cm³/mol. The minimum atomic E-state index is -0.496. The molecule has 3 atom stereocenters. The molecule has 0 saturated heterocycles. The molecule has 1 saturated carbocycles. The van der Waals surface area contributed by atoms with Gasteiger partial charge in [0.05, 0.1) is 0 Å². The molecular weight excluding hydrogens is 268 g/mol. The van der Waals surface area contributed by atoms with Gasteiger partial charge in [-0.25, -0.2) is 9.59 Å². The Balaban J connectivity index is 2.47. The molecule has 0 N–H and O–H groups in total. The first-order valence-corrected chi connectivity index (χ1v) is 7.80. The number of rotatable bonds is 5. The summed E-state index contributed by atoms with van der Waals surface area (Å²) in [5.74, 6) is 0.521. The quantitative estimate of drug-likeness (QED) is 0.575. The predicted octanol–water partition coefficient (Wildman–Crippen LogP) is 3.50. The first kappa shape index (κ1) is 17.7. The summed E-state index contributed by atoms with van der Waals surface area (Å²) in [7, 11) is 0. The summed E-state index contributed by atoms with van der Waals surface area (Å²) in [6.07, 6.45) is 4.49. The lowest BCUT2D eigenvalue weighted by Gasteiger charge is -2.36. The van der Waals surface area contributed by atoms with Gasteiger partial charge in [-0.1, -0.05) is 32.8 Å². The van der Waals surface area contributed by atoms with Gasteiger partial charge in [0, 0.05) is 6.08 Å². The second-order valence-corrected chi connectivity index (χ2v) is 6.68. The lowest BCUT2D eigenvalue weighted by atomic mass is 9.75. The molecule has 0 aliphatic heterocycles. The van der Waals surface area contributed by atoms with Crippen LogP contribution in [0, 0.1) is 17.8 Å². The van der Waals surface area contributed by atoms with E-state index in [1.807, 2.05) is 0 Å². The Bertz CT molecular complexity index is 394. The van der Waals surface area contributed by atoms with Crippen molar-refractivity contribution < 1.29 is 19.1 Å². The summed E-state index contributed by atoms with van der Waals surface area (Å²) < 4.78 is 10.4. The number of esters is 2. The van der Waals surface area contributed by atoms with E-state index >= 15 is 0 Å². The Hall–Kier alpha value is -1.32. The van der Waals surface area contributed by atoms with E-state index in [4.69, 9.17) is 9.47 Å². The molecule has 1 fully saturated rings. The highest BCUT2D eigenvalue weighted by Gasteiger charge is 2.33. The number of ether oxygens (including phenoxy) is 2. The van der Waals surface area contributed by atoms with Crippen LogP contribution in [0.1, 0.15) is 53.9 Å². The van der Waals surface area contributed by atoms with Crippen LogP contribution in [0.25, 0.3) is 0 Å². The zero-order valence-corrected chi connectivity index (χ0v) is 13.8. The summed E-state index contributed by atoms with van der Waals surface area (Å²) in [6.45, 7) is 9.81. The van der Waals surface area contributed by atoms with E-state index in [0.29, 0.717) is 17.8 Å². The van der Waals surface area contributed by atoms with Crippen molar-refractivity contribution in [3.8, 4) is 0 Å². The molecule has 0 heterocycles. The van der Waals surface area contributed by atoms with Gasteiger partial charge in [-0.15, -0.1) is 0 Å². The third kappa shape index (κ3) is 6.32. The van der Waals surface area contributed by atoms with E-state index < -0.39 is 11.9 Å². The van der Waals surface area contributed by atoms with E-state index in [2.05, 4.69) is 20.8 Å². The van der Waals surface area contributed by atoms with E-state index in [9.17, 15) is 9.59 Å². The van der Waals surface area contributed by atoms with Crippen LogP contribution < -0.4 is 0 Å². The number of allylic oxidation sites excluding steroid dienone is 1. The average molecular weight is 296 g/mol. The minimum absolute atomic E-state index is 0.0524. The molecule has 4 nitrogen and oxygen atoms in total. The topological polar surface area (TPSA) is 52.6 Å². The van der Waals surface area contributed by atoms with Crippen molar-refractivity contribution in [2.24, 2.45) is 17.8 Å². The summed E-state index contributed by atoms with van der Waals surface area (Å²) in [4.78, 5) is 23.2. The first-order chi connectivity index (χ1) is 9.79. The Labute approximate surface area is 127 Å². The Morgan fingerprint density at radius 3 is 2.48 bits per heavy atom. The van der Waals surface area contributed by atoms with Gasteiger partial charge < -0.3 is 9.47 Å². The van der Waals surface area contributed by atoms with Crippen molar-refractivity contribution in [1.29, 1.82) is 0 Å². The number of hydrogen-bond acceptors (Lipinski definition) is 4. The standard InChI is InChI=1S/C17H28O4/c1-11(2)8-16(18)20-10-17(19)21-15-9-13(5)6-7-14(15)12(3)4/h8,12-15H,6-7,9-10H2,1-5H3/t13-,14+,15-/m1/s1. The van der Waals surface area contributed by atoms with Gasteiger partial charge in [0.1, 0.15) is 6.10 Å². The maximum absolute atomic E-state index is 11.9. The minimum Gasteiger partial charge on any atom is -0.460 e. The average Bonchev–Trinajstić information content (AvgIpc) is 2.35. The van der Waals surface area contributed by atoms with Gasteiger partial charge in [-0.3, -0.25) is 0 Å². The molecule has 0 aromatic carbocycles. The van der Waals surface area contributed by atoms with Gasteiger partial charge in [-0.2, -0.15) is 0 Å². The smallest absolute Gasteiger partial charge is 0.344 e. The second kappa shape index (κ2) is 8.20. The highest BCUT2D eigenvalue weighted by molar-refractivity contribution is 5.84. The summed E-state index contributed by atoms with van der Waals surface area (Å²) >= 11 is 0. The normalized spacial score (nSPS) is 25.3. The molecule has 1 rings (SSSR count). The van der Waals surface area contributed by atoms with Crippen molar-refractivity contribution in [3.05, 3.63) is 11.6 Å². The van der Waals surface area contributed by atoms with Crippen molar-refractivity contribution in [2.45, 2.75) is 60.0 Å². The van der Waals surface area contributed by atoms with E-state index in [0.717, 1.165) is 18.4 Å². The van der Waals surface area contributed by atoms with Crippen LogP contribution in [0.3, 0.4) is 0 Å². The molecule has 0 bridgehead atoms. The maximum Gasteiger partial charge on any atom is 0.344 e. The molecule has 0 amide bonds. The Kier molecular flexibility index (Phi) is 6.93. The van der Waals surface area contributed by atoms with Crippen LogP contribution in [0.2, 0.25) is 0 Å². The van der Waals surface area contributed by atoms with E-state index in [-0.39, 0.29) is 12.7 Å². The zero-order valence-electron chi connectivity index (χ0n) is 13.8. The van der Waals surface area contributed by atoms with Crippen LogP contribution in [0.5, 0.6) is 0 Å². The zero-order chi connectivity index (χ0) is 16.0. The fourth-order valence-electron chi connectivity index (χ4n) is 2.86. The molecular formula is C17H28O4. The molecule has 0 radical (unpaired) electrons. The SMILES string of the molecule is CC(C)=CC(=O)OCC(=O)O[C@@H]1C[C@H](C)CC[C@H]1C(C)C. The molecule has 120 valence electrons. The van der Waals surface area contributed by atoms with Gasteiger partial charge in [0.15, 0.2) is 6.61 Å². The van der Waals surface area contributed by atoms with Crippen LogP contribution in [0.15, 0.2) is 11.6 Å². The fourth-order valence-corrected chi connectivity index (χ4v) is 2.86. The first-order valence-electron chi connectivity index (χ1n) is 7.80. The van der Waals surface area contributed by atoms with Crippen molar-refractivity contribution in [1.82, 2.24) is 0 Å². The Morgan fingerprint density at radius 2 is 1.90 bits per heavy atom. The molecule has 0 spiro atoms. The largest absolute Gasteiger partial charge is 0.460 e. The lowest BCUT2D eigenvalue weighted by molar-refractivity contribution is -0.165. The molecule has 0 aromatic rings. The van der Waals surface area contributed by atoms with Crippen LogP contribution in [-0.4, -0.2) is 24.6 Å². The van der Waals surface area contributed by atoms with Crippen molar-refractivity contribution in [2.75, 3.05) is 6.61 Å². The molecule has 4 heteroatoms. The second-order valence-electron chi connectivity index (χ2n) is 6.68. The van der Waals surface area contributed by atoms with Crippen LogP contribution in [0.4, 0.5) is 0 Å². The summed E-state index contributed by atoms with van der Waals surface area (Å²) in [5, 5.41) is 0. The number of hydrogen-bond donors (Lipinski definition) is 0. The van der Waals surface area contributed by atoms with E-state index in [1.54, 1.807) is 13.8 Å².